The first-order valence-electron chi connectivity index (χ1n) is 8.79. The van der Waals surface area contributed by atoms with Crippen LogP contribution in [0.1, 0.15) is 44.0 Å². The molecule has 25 heavy (non-hydrogen) atoms. The minimum absolute atomic E-state index is 0.110. The largest absolute Gasteiger partial charge is 0.335 e. The maximum Gasteiger partial charge on any atom is 0.254 e. The van der Waals surface area contributed by atoms with Crippen LogP contribution in [0.4, 0.5) is 0 Å². The Morgan fingerprint density at radius 2 is 1.80 bits per heavy atom. The monoisotopic (exact) mass is 364 g/mol. The van der Waals surface area contributed by atoms with Crippen molar-refractivity contribution < 1.29 is 13.2 Å². The fraction of sp³-hybridized carbons (Fsp3) is 0.526. The van der Waals surface area contributed by atoms with E-state index in [0.717, 1.165) is 18.4 Å². The van der Waals surface area contributed by atoms with E-state index >= 15 is 0 Å². The third-order valence-electron chi connectivity index (χ3n) is 4.61. The zero-order valence-electron chi connectivity index (χ0n) is 15.4. The smallest absolute Gasteiger partial charge is 0.254 e. The summed E-state index contributed by atoms with van der Waals surface area (Å²) in [5.74, 6) is 0.459. The Balaban J connectivity index is 2.16. The third kappa shape index (κ3) is 4.70. The van der Waals surface area contributed by atoms with Crippen LogP contribution in [-0.2, 0) is 10.0 Å². The maximum absolute atomic E-state index is 12.7. The number of carbonyl (C=O) groups is 1. The molecule has 0 N–H and O–H groups in total. The Hall–Kier alpha value is -1.66. The molecule has 1 heterocycles. The highest BCUT2D eigenvalue weighted by atomic mass is 32.2. The lowest BCUT2D eigenvalue weighted by atomic mass is 10.0. The highest BCUT2D eigenvalue weighted by molar-refractivity contribution is 7.89. The maximum atomic E-state index is 12.7. The normalized spacial score (nSPS) is 16.6. The van der Waals surface area contributed by atoms with Crippen molar-refractivity contribution >= 4 is 15.9 Å². The first-order chi connectivity index (χ1) is 11.8. The van der Waals surface area contributed by atoms with Crippen molar-refractivity contribution in [3.8, 4) is 0 Å². The molecular weight excluding hydrogens is 336 g/mol. The van der Waals surface area contributed by atoms with Crippen LogP contribution in [0.3, 0.4) is 0 Å². The summed E-state index contributed by atoms with van der Waals surface area (Å²) < 4.78 is 27.0. The first-order valence-corrected chi connectivity index (χ1v) is 10.2. The molecule has 6 heteroatoms. The summed E-state index contributed by atoms with van der Waals surface area (Å²) in [4.78, 5) is 14.5. The number of hydrogen-bond donors (Lipinski definition) is 0. The molecule has 0 unspecified atom stereocenters. The van der Waals surface area contributed by atoms with Crippen LogP contribution < -0.4 is 0 Å². The van der Waals surface area contributed by atoms with Crippen molar-refractivity contribution in [3.63, 3.8) is 0 Å². The van der Waals surface area contributed by atoms with E-state index in [9.17, 15) is 13.2 Å². The highest BCUT2D eigenvalue weighted by Crippen LogP contribution is 2.23. The fourth-order valence-corrected chi connectivity index (χ4v) is 4.45. The van der Waals surface area contributed by atoms with E-state index in [2.05, 4.69) is 13.5 Å². The molecule has 138 valence electrons. The molecule has 1 aromatic rings. The number of nitrogens with zero attached hydrogens (tertiary/aromatic N) is 2. The molecule has 0 bridgehead atoms. The summed E-state index contributed by atoms with van der Waals surface area (Å²) in [6, 6.07) is 6.27. The number of carbonyl (C=O) groups excluding carboxylic acids is 1. The van der Waals surface area contributed by atoms with Gasteiger partial charge in [-0.15, -0.1) is 0 Å². The van der Waals surface area contributed by atoms with E-state index in [4.69, 9.17) is 0 Å². The Morgan fingerprint density at radius 3 is 2.28 bits per heavy atom. The molecule has 0 atom stereocenters. The van der Waals surface area contributed by atoms with Gasteiger partial charge in [0, 0.05) is 31.7 Å². The van der Waals surface area contributed by atoms with Gasteiger partial charge in [-0.3, -0.25) is 4.79 Å². The molecule has 0 spiro atoms. The first kappa shape index (κ1) is 19.7. The van der Waals surface area contributed by atoms with Crippen molar-refractivity contribution in [1.82, 2.24) is 9.21 Å². The van der Waals surface area contributed by atoms with Crippen LogP contribution in [0.2, 0.25) is 0 Å². The second-order valence-electron chi connectivity index (χ2n) is 6.89. The average Bonchev–Trinajstić information content (AvgIpc) is 2.59. The van der Waals surface area contributed by atoms with Gasteiger partial charge >= 0.3 is 0 Å². The lowest BCUT2D eigenvalue weighted by Crippen LogP contribution is -2.37. The van der Waals surface area contributed by atoms with Crippen LogP contribution in [0.15, 0.2) is 41.3 Å². The van der Waals surface area contributed by atoms with Gasteiger partial charge in [0.1, 0.15) is 0 Å². The van der Waals surface area contributed by atoms with Gasteiger partial charge in [-0.1, -0.05) is 19.1 Å². The van der Waals surface area contributed by atoms with Crippen molar-refractivity contribution in [1.29, 1.82) is 0 Å². The molecule has 1 aliphatic heterocycles. The Bertz CT molecular complexity index is 718. The fourth-order valence-electron chi connectivity index (χ4n) is 2.98. The topological polar surface area (TPSA) is 57.7 Å². The number of hydrogen-bond acceptors (Lipinski definition) is 3. The predicted molar refractivity (Wildman–Crippen MR) is 100.0 cm³/mol. The molecule has 0 radical (unpaired) electrons. The minimum atomic E-state index is -3.48. The number of rotatable bonds is 6. The van der Waals surface area contributed by atoms with E-state index < -0.39 is 10.0 Å². The highest BCUT2D eigenvalue weighted by Gasteiger charge is 2.28. The molecule has 2 rings (SSSR count). The van der Waals surface area contributed by atoms with Gasteiger partial charge in [-0.05, 0) is 56.9 Å². The molecular formula is C19H28N2O3S. The number of benzene rings is 1. The second kappa shape index (κ2) is 8.15. The Morgan fingerprint density at radius 1 is 1.24 bits per heavy atom. The molecule has 0 aliphatic carbocycles. The van der Waals surface area contributed by atoms with E-state index in [1.165, 1.54) is 12.1 Å². The SMILES string of the molecule is C=C(C)CN(CC)C(=O)c1ccc(S(=O)(=O)N2CCC(C)CC2)cc1. The number of piperidine rings is 1. The number of likely N-dealkylation sites (N-methyl/N-ethyl adjacent to an activating group) is 1. The number of amides is 1. The summed E-state index contributed by atoms with van der Waals surface area (Å²) in [5, 5.41) is 0. The van der Waals surface area contributed by atoms with Crippen LogP contribution in [0.5, 0.6) is 0 Å². The molecule has 1 saturated heterocycles. The number of sulfonamides is 1. The van der Waals surface area contributed by atoms with Crippen molar-refractivity contribution in [3.05, 3.63) is 42.0 Å². The summed E-state index contributed by atoms with van der Waals surface area (Å²) in [7, 11) is -3.48. The van der Waals surface area contributed by atoms with Crippen LogP contribution >= 0.6 is 0 Å². The minimum Gasteiger partial charge on any atom is -0.335 e. The Kier molecular flexibility index (Phi) is 6.41. The van der Waals surface area contributed by atoms with Crippen molar-refractivity contribution in [2.24, 2.45) is 5.92 Å². The molecule has 1 fully saturated rings. The average molecular weight is 365 g/mol. The molecule has 1 aromatic carbocycles. The van der Waals surface area contributed by atoms with Gasteiger partial charge in [0.05, 0.1) is 4.90 Å². The molecule has 0 saturated carbocycles. The molecule has 5 nitrogen and oxygen atoms in total. The summed E-state index contributed by atoms with van der Waals surface area (Å²) in [6.07, 6.45) is 1.78. The van der Waals surface area contributed by atoms with Gasteiger partial charge in [0.15, 0.2) is 0 Å². The quantitative estimate of drug-likeness (QED) is 0.729. The molecule has 0 aromatic heterocycles. The van der Waals surface area contributed by atoms with Gasteiger partial charge in [-0.25, -0.2) is 8.42 Å². The molecule has 1 aliphatic rings. The lowest BCUT2D eigenvalue weighted by Gasteiger charge is -2.29. The second-order valence-corrected chi connectivity index (χ2v) is 8.83. The van der Waals surface area contributed by atoms with Crippen LogP contribution in [0.25, 0.3) is 0 Å². The predicted octanol–water partition coefficient (Wildman–Crippen LogP) is 3.15. The van der Waals surface area contributed by atoms with Crippen LogP contribution in [-0.4, -0.2) is 49.7 Å². The van der Waals surface area contributed by atoms with E-state index in [1.807, 2.05) is 13.8 Å². The summed E-state index contributed by atoms with van der Waals surface area (Å²) >= 11 is 0. The van der Waals surface area contributed by atoms with Crippen LogP contribution in [0, 0.1) is 5.92 Å². The third-order valence-corrected chi connectivity index (χ3v) is 6.52. The van der Waals surface area contributed by atoms with Gasteiger partial charge < -0.3 is 4.90 Å². The Labute approximate surface area is 151 Å². The van der Waals surface area contributed by atoms with E-state index in [1.54, 1.807) is 21.3 Å². The lowest BCUT2D eigenvalue weighted by molar-refractivity contribution is 0.0778. The van der Waals surface area contributed by atoms with Gasteiger partial charge in [0.2, 0.25) is 10.0 Å². The zero-order valence-corrected chi connectivity index (χ0v) is 16.2. The summed E-state index contributed by atoms with van der Waals surface area (Å²) in [6.45, 7) is 12.0. The van der Waals surface area contributed by atoms with E-state index in [-0.39, 0.29) is 10.8 Å². The van der Waals surface area contributed by atoms with E-state index in [0.29, 0.717) is 37.7 Å². The zero-order chi connectivity index (χ0) is 18.6. The van der Waals surface area contributed by atoms with Gasteiger partial charge in [-0.2, -0.15) is 4.31 Å². The van der Waals surface area contributed by atoms with Gasteiger partial charge in [0.25, 0.3) is 5.91 Å². The summed E-state index contributed by atoms with van der Waals surface area (Å²) in [5.41, 5.74) is 1.41. The van der Waals surface area contributed by atoms with Crippen molar-refractivity contribution in [2.45, 2.75) is 38.5 Å². The standard InChI is InChI=1S/C19H28N2O3S/c1-5-20(14-15(2)3)19(22)17-6-8-18(9-7-17)25(23,24)21-12-10-16(4)11-13-21/h6-9,16H,2,5,10-14H2,1,3-4H3. The van der Waals surface area contributed by atoms with Crippen molar-refractivity contribution in [2.75, 3.05) is 26.2 Å². The molecule has 1 amide bonds.